The van der Waals surface area contributed by atoms with Crippen molar-refractivity contribution in [1.82, 2.24) is 0 Å². The lowest BCUT2D eigenvalue weighted by Crippen LogP contribution is -1.90. The summed E-state index contributed by atoms with van der Waals surface area (Å²) in [6, 6.07) is 0.843. The minimum absolute atomic E-state index is 0.387. The average molecular weight is 144 g/mol. The molecule has 1 aromatic rings. The highest BCUT2D eigenvalue weighted by Crippen LogP contribution is 2.28. The third-order valence-corrected chi connectivity index (χ3v) is 0.924. The molecule has 0 aliphatic rings. The predicted octanol–water partition coefficient (Wildman–Crippen LogP) is 0.476. The van der Waals surface area contributed by atoms with Crippen molar-refractivity contribution in [2.75, 3.05) is 5.73 Å². The first-order valence-corrected chi connectivity index (χ1v) is 2.34. The molecule has 0 spiro atoms. The summed E-state index contributed by atoms with van der Waals surface area (Å²) < 4.78 is 4.27. The minimum Gasteiger partial charge on any atom is -0.480 e. The number of rotatable bonds is 1. The van der Waals surface area contributed by atoms with Crippen molar-refractivity contribution in [2.45, 2.75) is 0 Å². The van der Waals surface area contributed by atoms with E-state index < -0.39 is 16.6 Å². The molecular weight excluding hydrogens is 140 g/mol. The molecule has 6 nitrogen and oxygen atoms in total. The molecule has 6 heteroatoms. The fourth-order valence-corrected chi connectivity index (χ4v) is 0.525. The summed E-state index contributed by atoms with van der Waals surface area (Å²) >= 11 is 0. The smallest absolute Gasteiger partial charge is 0.335 e. The van der Waals surface area contributed by atoms with Crippen molar-refractivity contribution in [3.05, 3.63) is 16.2 Å². The van der Waals surface area contributed by atoms with E-state index in [1.807, 2.05) is 0 Å². The number of anilines is 1. The Kier molecular flexibility index (Phi) is 1.22. The van der Waals surface area contributed by atoms with E-state index in [1.165, 1.54) is 0 Å². The zero-order valence-corrected chi connectivity index (χ0v) is 4.77. The van der Waals surface area contributed by atoms with Gasteiger partial charge in [0, 0.05) is 0 Å². The van der Waals surface area contributed by atoms with Crippen LogP contribution in [-0.4, -0.2) is 10.0 Å². The van der Waals surface area contributed by atoms with Crippen molar-refractivity contribution in [2.24, 2.45) is 0 Å². The van der Waals surface area contributed by atoms with Crippen molar-refractivity contribution < 1.29 is 14.4 Å². The summed E-state index contributed by atoms with van der Waals surface area (Å²) in [6.45, 7) is 0. The largest absolute Gasteiger partial charge is 0.480 e. The van der Waals surface area contributed by atoms with Crippen molar-refractivity contribution in [1.29, 1.82) is 0 Å². The van der Waals surface area contributed by atoms with E-state index in [4.69, 9.17) is 10.8 Å². The standard InChI is InChI=1S/C4H4N2O4/c5-4-2(6(8)9)1-3(7)10-4/h1,7H,5H2. The zero-order valence-electron chi connectivity index (χ0n) is 4.77. The summed E-state index contributed by atoms with van der Waals surface area (Å²) in [5, 5.41) is 18.5. The fraction of sp³-hybridized carbons (Fsp3) is 0. The molecule has 3 N–H and O–H groups in total. The molecule has 54 valence electrons. The van der Waals surface area contributed by atoms with Gasteiger partial charge in [-0.05, 0) is 0 Å². The topological polar surface area (TPSA) is 103 Å². The molecule has 0 fully saturated rings. The Morgan fingerprint density at radius 3 is 2.60 bits per heavy atom. The molecule has 10 heavy (non-hydrogen) atoms. The van der Waals surface area contributed by atoms with Crippen LogP contribution in [-0.2, 0) is 0 Å². The van der Waals surface area contributed by atoms with Gasteiger partial charge in [-0.2, -0.15) is 0 Å². The van der Waals surface area contributed by atoms with Gasteiger partial charge in [-0.15, -0.1) is 0 Å². The van der Waals surface area contributed by atoms with Gasteiger partial charge in [0.1, 0.15) is 6.07 Å². The zero-order chi connectivity index (χ0) is 7.72. The van der Waals surface area contributed by atoms with Crippen molar-refractivity contribution in [3.8, 4) is 5.95 Å². The molecule has 0 saturated carbocycles. The molecule has 0 saturated heterocycles. The van der Waals surface area contributed by atoms with E-state index in [0.29, 0.717) is 0 Å². The molecule has 0 aliphatic heterocycles. The van der Waals surface area contributed by atoms with Crippen LogP contribution >= 0.6 is 0 Å². The van der Waals surface area contributed by atoms with Crippen LogP contribution in [0.25, 0.3) is 0 Å². The molecule has 0 atom stereocenters. The number of furan rings is 1. The first kappa shape index (κ1) is 6.40. The normalized spacial score (nSPS) is 9.60. The van der Waals surface area contributed by atoms with E-state index in [0.717, 1.165) is 6.07 Å². The van der Waals surface area contributed by atoms with Crippen LogP contribution in [0.2, 0.25) is 0 Å². The number of nitrogens with zero attached hydrogens (tertiary/aromatic N) is 1. The van der Waals surface area contributed by atoms with Gasteiger partial charge in [0.25, 0.3) is 11.8 Å². The maximum atomic E-state index is 9.99. The Balaban J connectivity index is 3.15. The first-order chi connectivity index (χ1) is 4.61. The molecular formula is C4H4N2O4. The van der Waals surface area contributed by atoms with Crippen LogP contribution in [0.5, 0.6) is 5.95 Å². The Bertz CT molecular complexity index is 266. The highest BCUT2D eigenvalue weighted by Gasteiger charge is 2.17. The molecule has 1 rings (SSSR count). The van der Waals surface area contributed by atoms with Gasteiger partial charge in [-0.1, -0.05) is 0 Å². The van der Waals surface area contributed by atoms with Crippen LogP contribution in [0.3, 0.4) is 0 Å². The number of hydrogen-bond acceptors (Lipinski definition) is 5. The Hall–Kier alpha value is -1.72. The van der Waals surface area contributed by atoms with E-state index in [2.05, 4.69) is 4.42 Å². The Labute approximate surface area is 55.0 Å². The number of nitro groups is 1. The van der Waals surface area contributed by atoms with Gasteiger partial charge in [0.2, 0.25) is 0 Å². The molecule has 1 aromatic heterocycles. The number of nitrogens with two attached hydrogens (primary N) is 1. The molecule has 0 bridgehead atoms. The second-order valence-corrected chi connectivity index (χ2v) is 1.59. The van der Waals surface area contributed by atoms with Crippen LogP contribution in [0.15, 0.2) is 10.5 Å². The minimum atomic E-state index is -0.738. The quantitative estimate of drug-likeness (QED) is 0.440. The van der Waals surface area contributed by atoms with E-state index >= 15 is 0 Å². The lowest BCUT2D eigenvalue weighted by Gasteiger charge is -1.82. The predicted molar refractivity (Wildman–Crippen MR) is 31.4 cm³/mol. The Morgan fingerprint density at radius 2 is 2.40 bits per heavy atom. The van der Waals surface area contributed by atoms with Crippen molar-refractivity contribution in [3.63, 3.8) is 0 Å². The van der Waals surface area contributed by atoms with Crippen LogP contribution < -0.4 is 5.73 Å². The maximum absolute atomic E-state index is 9.99. The molecule has 0 aromatic carbocycles. The number of aromatic hydroxyl groups is 1. The van der Waals surface area contributed by atoms with Gasteiger partial charge in [-0.25, -0.2) is 0 Å². The lowest BCUT2D eigenvalue weighted by atomic mass is 10.5. The molecule has 0 unspecified atom stereocenters. The highest BCUT2D eigenvalue weighted by molar-refractivity contribution is 5.52. The highest BCUT2D eigenvalue weighted by atomic mass is 16.6. The summed E-state index contributed by atoms with van der Waals surface area (Å²) in [6.07, 6.45) is 0. The summed E-state index contributed by atoms with van der Waals surface area (Å²) in [5.41, 5.74) is 4.56. The molecule has 0 amide bonds. The SMILES string of the molecule is Nc1oc(O)cc1[N+](=O)[O-]. The molecule has 1 heterocycles. The summed E-state index contributed by atoms with van der Waals surface area (Å²) in [5.74, 6) is -0.938. The lowest BCUT2D eigenvalue weighted by molar-refractivity contribution is -0.384. The third-order valence-electron chi connectivity index (χ3n) is 0.924. The van der Waals surface area contributed by atoms with Gasteiger partial charge in [-0.3, -0.25) is 10.1 Å². The number of hydrogen-bond donors (Lipinski definition) is 2. The third kappa shape index (κ3) is 0.859. The van der Waals surface area contributed by atoms with Crippen molar-refractivity contribution >= 4 is 11.6 Å². The van der Waals surface area contributed by atoms with E-state index in [-0.39, 0.29) is 5.88 Å². The summed E-state index contributed by atoms with van der Waals surface area (Å²) in [7, 11) is 0. The second kappa shape index (κ2) is 1.90. The number of nitrogen functional groups attached to an aromatic ring is 1. The summed E-state index contributed by atoms with van der Waals surface area (Å²) in [4.78, 5) is 9.25. The monoisotopic (exact) mass is 144 g/mol. The van der Waals surface area contributed by atoms with Gasteiger partial charge < -0.3 is 15.3 Å². The molecule has 0 aliphatic carbocycles. The first-order valence-electron chi connectivity index (χ1n) is 2.34. The molecule has 0 radical (unpaired) electrons. The van der Waals surface area contributed by atoms with Gasteiger partial charge in [0.05, 0.1) is 4.92 Å². The average Bonchev–Trinajstić information content (AvgIpc) is 2.10. The Morgan fingerprint density at radius 1 is 1.80 bits per heavy atom. The fourth-order valence-electron chi connectivity index (χ4n) is 0.525. The van der Waals surface area contributed by atoms with E-state index in [1.54, 1.807) is 0 Å². The van der Waals surface area contributed by atoms with Crippen LogP contribution in [0.4, 0.5) is 11.6 Å². The van der Waals surface area contributed by atoms with Gasteiger partial charge >= 0.3 is 5.69 Å². The maximum Gasteiger partial charge on any atom is 0.335 e. The van der Waals surface area contributed by atoms with Gasteiger partial charge in [0.15, 0.2) is 0 Å². The van der Waals surface area contributed by atoms with Crippen LogP contribution in [0, 0.1) is 10.1 Å². The second-order valence-electron chi connectivity index (χ2n) is 1.59. The van der Waals surface area contributed by atoms with Crippen LogP contribution in [0.1, 0.15) is 0 Å². The van der Waals surface area contributed by atoms with E-state index in [9.17, 15) is 10.1 Å².